The number of rotatable bonds is 6. The van der Waals surface area contributed by atoms with Gasteiger partial charge in [0, 0.05) is 25.1 Å². The molecule has 1 saturated heterocycles. The first kappa shape index (κ1) is 15.5. The van der Waals surface area contributed by atoms with Crippen LogP contribution in [-0.4, -0.2) is 56.4 Å². The van der Waals surface area contributed by atoms with Crippen molar-refractivity contribution in [3.63, 3.8) is 0 Å². The standard InChI is InChI=1S/C15H19N5O3S/c21-13(18(12-3-4-12)8-11-5-6-23-10-11)9-19-15(22)20(17-16-19)14-2-1-7-24-14/h1-2,7,11-12H,3-6,8-10H2/t11-/m0/s1. The molecule has 2 aromatic heterocycles. The minimum absolute atomic E-state index is 0.0612. The zero-order valence-electron chi connectivity index (χ0n) is 13.2. The normalized spacial score (nSPS) is 20.4. The summed E-state index contributed by atoms with van der Waals surface area (Å²) in [7, 11) is 0. The maximum atomic E-state index is 12.7. The lowest BCUT2D eigenvalue weighted by Crippen LogP contribution is -2.41. The van der Waals surface area contributed by atoms with Gasteiger partial charge in [0.25, 0.3) is 0 Å². The van der Waals surface area contributed by atoms with Crippen LogP contribution in [0.15, 0.2) is 22.3 Å². The van der Waals surface area contributed by atoms with E-state index in [1.165, 1.54) is 16.0 Å². The summed E-state index contributed by atoms with van der Waals surface area (Å²) in [4.78, 5) is 27.0. The Balaban J connectivity index is 1.47. The molecule has 2 aliphatic rings. The van der Waals surface area contributed by atoms with Gasteiger partial charge >= 0.3 is 5.69 Å². The lowest BCUT2D eigenvalue weighted by atomic mass is 10.1. The Labute approximate surface area is 142 Å². The van der Waals surface area contributed by atoms with E-state index in [1.807, 2.05) is 16.3 Å². The first-order chi connectivity index (χ1) is 11.7. The fraction of sp³-hybridized carbons (Fsp3) is 0.600. The van der Waals surface area contributed by atoms with Crippen LogP contribution in [0.1, 0.15) is 19.3 Å². The Morgan fingerprint density at radius 1 is 1.38 bits per heavy atom. The lowest BCUT2D eigenvalue weighted by molar-refractivity contribution is -0.133. The summed E-state index contributed by atoms with van der Waals surface area (Å²) in [6.45, 7) is 2.13. The van der Waals surface area contributed by atoms with Crippen LogP contribution in [-0.2, 0) is 16.1 Å². The molecule has 3 heterocycles. The lowest BCUT2D eigenvalue weighted by Gasteiger charge is -2.24. The van der Waals surface area contributed by atoms with Crippen molar-refractivity contribution in [3.8, 4) is 5.00 Å². The van der Waals surface area contributed by atoms with Crippen molar-refractivity contribution in [2.24, 2.45) is 5.92 Å². The maximum Gasteiger partial charge on any atom is 0.369 e. The first-order valence-corrected chi connectivity index (χ1v) is 9.04. The third kappa shape index (κ3) is 3.13. The Hall–Kier alpha value is -2.00. The zero-order valence-corrected chi connectivity index (χ0v) is 14.0. The Bertz CT molecular complexity index is 758. The molecule has 1 aliphatic carbocycles. The summed E-state index contributed by atoms with van der Waals surface area (Å²) in [6, 6.07) is 3.94. The summed E-state index contributed by atoms with van der Waals surface area (Å²) in [6.07, 6.45) is 3.07. The van der Waals surface area contributed by atoms with Crippen LogP contribution in [0.2, 0.25) is 0 Å². The Kier molecular flexibility index (Phi) is 4.19. The topological polar surface area (TPSA) is 82.2 Å². The van der Waals surface area contributed by atoms with Gasteiger partial charge in [-0.3, -0.25) is 4.79 Å². The van der Waals surface area contributed by atoms with Crippen molar-refractivity contribution in [2.75, 3.05) is 19.8 Å². The van der Waals surface area contributed by atoms with Gasteiger partial charge in [-0.2, -0.15) is 9.36 Å². The van der Waals surface area contributed by atoms with Gasteiger partial charge in [0.05, 0.1) is 6.61 Å². The van der Waals surface area contributed by atoms with Crippen LogP contribution < -0.4 is 5.69 Å². The molecule has 0 radical (unpaired) electrons. The minimum Gasteiger partial charge on any atom is -0.381 e. The second-order valence-corrected chi connectivity index (χ2v) is 7.22. The number of hydrogen-bond donors (Lipinski definition) is 0. The molecular weight excluding hydrogens is 330 g/mol. The highest BCUT2D eigenvalue weighted by Gasteiger charge is 2.35. The SMILES string of the molecule is O=C(Cn1nnn(-c2cccs2)c1=O)N(C[C@@H]1CCOC1)C1CC1. The molecule has 0 bridgehead atoms. The molecule has 128 valence electrons. The van der Waals surface area contributed by atoms with E-state index in [0.717, 1.165) is 30.6 Å². The van der Waals surface area contributed by atoms with Crippen LogP contribution in [0.4, 0.5) is 0 Å². The molecule has 1 saturated carbocycles. The number of thiophene rings is 1. The van der Waals surface area contributed by atoms with Crippen LogP contribution in [0.3, 0.4) is 0 Å². The summed E-state index contributed by atoms with van der Waals surface area (Å²) < 4.78 is 7.77. The van der Waals surface area contributed by atoms with Gasteiger partial charge in [-0.05, 0) is 47.2 Å². The van der Waals surface area contributed by atoms with Crippen molar-refractivity contribution in [1.82, 2.24) is 24.7 Å². The average molecular weight is 349 g/mol. The van der Waals surface area contributed by atoms with Gasteiger partial charge in [-0.1, -0.05) is 0 Å². The number of amides is 1. The van der Waals surface area contributed by atoms with E-state index in [4.69, 9.17) is 4.74 Å². The number of nitrogens with zero attached hydrogens (tertiary/aromatic N) is 5. The van der Waals surface area contributed by atoms with E-state index < -0.39 is 0 Å². The highest BCUT2D eigenvalue weighted by atomic mass is 32.1. The largest absolute Gasteiger partial charge is 0.381 e. The molecule has 0 unspecified atom stereocenters. The smallest absolute Gasteiger partial charge is 0.369 e. The number of hydrogen-bond acceptors (Lipinski definition) is 6. The van der Waals surface area contributed by atoms with E-state index in [0.29, 0.717) is 30.1 Å². The monoisotopic (exact) mass is 349 g/mol. The fourth-order valence-electron chi connectivity index (χ4n) is 2.97. The number of carbonyl (C=O) groups is 1. The molecule has 2 aromatic rings. The van der Waals surface area contributed by atoms with Gasteiger partial charge in [0.1, 0.15) is 11.5 Å². The second-order valence-electron chi connectivity index (χ2n) is 6.29. The molecule has 0 spiro atoms. The second kappa shape index (κ2) is 6.48. The molecule has 0 aromatic carbocycles. The highest BCUT2D eigenvalue weighted by molar-refractivity contribution is 7.12. The molecule has 8 nitrogen and oxygen atoms in total. The summed E-state index contributed by atoms with van der Waals surface area (Å²) in [5.74, 6) is 0.331. The summed E-state index contributed by atoms with van der Waals surface area (Å²) >= 11 is 1.40. The van der Waals surface area contributed by atoms with E-state index in [2.05, 4.69) is 10.4 Å². The molecule has 2 fully saturated rings. The summed E-state index contributed by atoms with van der Waals surface area (Å²) in [5.41, 5.74) is -0.384. The average Bonchev–Trinajstić information content (AvgIpc) is 2.97. The van der Waals surface area contributed by atoms with Crippen molar-refractivity contribution >= 4 is 17.2 Å². The Morgan fingerprint density at radius 3 is 2.92 bits per heavy atom. The number of tetrazole rings is 1. The highest BCUT2D eigenvalue weighted by Crippen LogP contribution is 2.29. The van der Waals surface area contributed by atoms with Gasteiger partial charge in [0.15, 0.2) is 0 Å². The van der Waals surface area contributed by atoms with Gasteiger partial charge < -0.3 is 9.64 Å². The third-order valence-electron chi connectivity index (χ3n) is 4.43. The van der Waals surface area contributed by atoms with E-state index >= 15 is 0 Å². The number of aromatic nitrogens is 4. The van der Waals surface area contributed by atoms with E-state index in [-0.39, 0.29) is 18.1 Å². The number of carbonyl (C=O) groups excluding carboxylic acids is 1. The van der Waals surface area contributed by atoms with Crippen LogP contribution >= 0.6 is 11.3 Å². The predicted octanol–water partition coefficient (Wildman–Crippen LogP) is 0.518. The van der Waals surface area contributed by atoms with Crippen LogP contribution in [0.25, 0.3) is 5.00 Å². The van der Waals surface area contributed by atoms with Gasteiger partial charge in [0.2, 0.25) is 5.91 Å². The molecular formula is C15H19N5O3S. The van der Waals surface area contributed by atoms with Crippen LogP contribution in [0, 0.1) is 5.92 Å². The van der Waals surface area contributed by atoms with Crippen LogP contribution in [0.5, 0.6) is 0 Å². The zero-order chi connectivity index (χ0) is 16.5. The quantitative estimate of drug-likeness (QED) is 0.759. The molecule has 1 amide bonds. The summed E-state index contributed by atoms with van der Waals surface area (Å²) in [5, 5.41) is 10.3. The van der Waals surface area contributed by atoms with Gasteiger partial charge in [-0.15, -0.1) is 11.3 Å². The molecule has 9 heteroatoms. The third-order valence-corrected chi connectivity index (χ3v) is 5.27. The molecule has 4 rings (SSSR count). The number of ether oxygens (including phenoxy) is 1. The van der Waals surface area contributed by atoms with E-state index in [9.17, 15) is 9.59 Å². The molecule has 24 heavy (non-hydrogen) atoms. The van der Waals surface area contributed by atoms with Crippen molar-refractivity contribution in [1.29, 1.82) is 0 Å². The van der Waals surface area contributed by atoms with E-state index in [1.54, 1.807) is 6.07 Å². The van der Waals surface area contributed by atoms with Crippen molar-refractivity contribution in [3.05, 3.63) is 28.0 Å². The van der Waals surface area contributed by atoms with Crippen molar-refractivity contribution in [2.45, 2.75) is 31.8 Å². The van der Waals surface area contributed by atoms with Crippen molar-refractivity contribution < 1.29 is 9.53 Å². The molecule has 0 N–H and O–H groups in total. The van der Waals surface area contributed by atoms with Gasteiger partial charge in [-0.25, -0.2) is 4.79 Å². The first-order valence-electron chi connectivity index (χ1n) is 8.16. The minimum atomic E-state index is -0.384. The molecule has 1 atom stereocenters. The predicted molar refractivity (Wildman–Crippen MR) is 87.2 cm³/mol. The Morgan fingerprint density at radius 2 is 2.25 bits per heavy atom. The molecule has 1 aliphatic heterocycles. The maximum absolute atomic E-state index is 12.7. The fourth-order valence-corrected chi connectivity index (χ4v) is 3.64.